The Morgan fingerprint density at radius 1 is 1.08 bits per heavy atom. The largest absolute Gasteiger partial charge is 0.324 e. The number of nitrogens with zero attached hydrogens (tertiary/aromatic N) is 1. The molecule has 0 aliphatic rings. The van der Waals surface area contributed by atoms with Crippen molar-refractivity contribution < 1.29 is 9.59 Å². The first-order valence-electron chi connectivity index (χ1n) is 7.07. The number of benzene rings is 2. The van der Waals surface area contributed by atoms with Gasteiger partial charge in [-0.25, -0.2) is 0 Å². The summed E-state index contributed by atoms with van der Waals surface area (Å²) < 4.78 is 0. The van der Waals surface area contributed by atoms with Gasteiger partial charge in [-0.05, 0) is 42.8 Å². The zero-order valence-corrected chi connectivity index (χ0v) is 15.3. The van der Waals surface area contributed by atoms with E-state index in [0.717, 1.165) is 5.56 Å². The first-order chi connectivity index (χ1) is 11.3. The maximum Gasteiger partial charge on any atom is 0.244 e. The molecule has 2 amide bonds. The summed E-state index contributed by atoms with van der Waals surface area (Å²) in [6.45, 7) is 3.00. The van der Waals surface area contributed by atoms with Crippen LogP contribution in [0, 0.1) is 6.92 Å². The average molecular weight is 386 g/mol. The molecule has 4 nitrogen and oxygen atoms in total. The van der Waals surface area contributed by atoms with Gasteiger partial charge in [0.25, 0.3) is 0 Å². The highest BCUT2D eigenvalue weighted by molar-refractivity contribution is 6.35. The highest BCUT2D eigenvalue weighted by Crippen LogP contribution is 2.26. The molecule has 2 aromatic rings. The number of nitrogens with one attached hydrogen (secondary N) is 1. The molecule has 0 aliphatic carbocycles. The molecule has 0 fully saturated rings. The molecule has 0 heterocycles. The SMILES string of the molecule is CC(=O)N(CC(=O)Nc1cccc(Cl)c1C)c1cc(Cl)cc(Cl)c1. The highest BCUT2D eigenvalue weighted by atomic mass is 35.5. The van der Waals surface area contributed by atoms with E-state index in [1.54, 1.807) is 43.3 Å². The van der Waals surface area contributed by atoms with Crippen LogP contribution in [0.25, 0.3) is 0 Å². The molecule has 0 bridgehead atoms. The third-order valence-corrected chi connectivity index (χ3v) is 4.23. The Hall–Kier alpha value is -1.75. The van der Waals surface area contributed by atoms with Crippen molar-refractivity contribution in [2.45, 2.75) is 13.8 Å². The van der Waals surface area contributed by atoms with Gasteiger partial charge >= 0.3 is 0 Å². The van der Waals surface area contributed by atoms with Crippen LogP contribution >= 0.6 is 34.8 Å². The molecular formula is C17H15Cl3N2O2. The Kier molecular flexibility index (Phi) is 6.10. The summed E-state index contributed by atoms with van der Waals surface area (Å²) in [5, 5.41) is 4.07. The number of hydrogen-bond acceptors (Lipinski definition) is 2. The van der Waals surface area contributed by atoms with Crippen molar-refractivity contribution in [2.24, 2.45) is 0 Å². The van der Waals surface area contributed by atoms with Gasteiger partial charge in [0.15, 0.2) is 0 Å². The zero-order chi connectivity index (χ0) is 17.9. The van der Waals surface area contributed by atoms with Crippen molar-refractivity contribution in [3.05, 3.63) is 57.0 Å². The lowest BCUT2D eigenvalue weighted by Crippen LogP contribution is -2.36. The molecule has 2 aromatic carbocycles. The fourth-order valence-corrected chi connectivity index (χ4v) is 2.84. The first-order valence-corrected chi connectivity index (χ1v) is 8.20. The lowest BCUT2D eigenvalue weighted by molar-refractivity contribution is -0.120. The molecule has 24 heavy (non-hydrogen) atoms. The lowest BCUT2D eigenvalue weighted by atomic mass is 10.2. The summed E-state index contributed by atoms with van der Waals surface area (Å²) in [7, 11) is 0. The molecule has 0 aromatic heterocycles. The summed E-state index contributed by atoms with van der Waals surface area (Å²) in [5.41, 5.74) is 1.81. The quantitative estimate of drug-likeness (QED) is 0.810. The molecule has 1 N–H and O–H groups in total. The van der Waals surface area contributed by atoms with Gasteiger partial charge in [-0.1, -0.05) is 40.9 Å². The van der Waals surface area contributed by atoms with Gasteiger partial charge in [-0.2, -0.15) is 0 Å². The molecule has 0 atom stereocenters. The van der Waals surface area contributed by atoms with Gasteiger partial charge in [-0.15, -0.1) is 0 Å². The molecule has 0 spiro atoms. The number of anilines is 2. The number of rotatable bonds is 4. The Bertz CT molecular complexity index is 773. The minimum Gasteiger partial charge on any atom is -0.324 e. The summed E-state index contributed by atoms with van der Waals surface area (Å²) >= 11 is 18.0. The van der Waals surface area contributed by atoms with E-state index in [0.29, 0.717) is 26.4 Å². The number of carbonyl (C=O) groups is 2. The topological polar surface area (TPSA) is 49.4 Å². The molecule has 0 unspecified atom stereocenters. The molecule has 0 radical (unpaired) electrons. The molecule has 126 valence electrons. The van der Waals surface area contributed by atoms with Crippen LogP contribution in [-0.2, 0) is 9.59 Å². The Balaban J connectivity index is 2.20. The van der Waals surface area contributed by atoms with E-state index in [1.807, 2.05) is 0 Å². The third kappa shape index (κ3) is 4.63. The van der Waals surface area contributed by atoms with Crippen molar-refractivity contribution in [3.63, 3.8) is 0 Å². The van der Waals surface area contributed by atoms with E-state index < -0.39 is 0 Å². The van der Waals surface area contributed by atoms with Crippen LogP contribution in [0.2, 0.25) is 15.1 Å². The van der Waals surface area contributed by atoms with Crippen molar-refractivity contribution in [1.29, 1.82) is 0 Å². The van der Waals surface area contributed by atoms with Crippen molar-refractivity contribution in [3.8, 4) is 0 Å². The maximum absolute atomic E-state index is 12.3. The zero-order valence-electron chi connectivity index (χ0n) is 13.1. The minimum absolute atomic E-state index is 0.169. The minimum atomic E-state index is -0.355. The predicted octanol–water partition coefficient (Wildman–Crippen LogP) is 4.95. The van der Waals surface area contributed by atoms with E-state index in [-0.39, 0.29) is 18.4 Å². The fourth-order valence-electron chi connectivity index (χ4n) is 2.16. The molecule has 2 rings (SSSR count). The van der Waals surface area contributed by atoms with Crippen molar-refractivity contribution >= 4 is 58.0 Å². The van der Waals surface area contributed by atoms with E-state index in [4.69, 9.17) is 34.8 Å². The van der Waals surface area contributed by atoms with Crippen LogP contribution in [0.3, 0.4) is 0 Å². The van der Waals surface area contributed by atoms with Crippen LogP contribution in [0.5, 0.6) is 0 Å². The predicted molar refractivity (Wildman–Crippen MR) is 99.3 cm³/mol. The molecule has 7 heteroatoms. The van der Waals surface area contributed by atoms with E-state index >= 15 is 0 Å². The standard InChI is InChI=1S/C17H15Cl3N2O2/c1-10-15(20)4-3-5-16(10)21-17(24)9-22(11(2)23)14-7-12(18)6-13(19)8-14/h3-8H,9H2,1-2H3,(H,21,24). The summed E-state index contributed by atoms with van der Waals surface area (Å²) in [6.07, 6.45) is 0. The van der Waals surface area contributed by atoms with Gasteiger partial charge in [0.05, 0.1) is 0 Å². The van der Waals surface area contributed by atoms with Crippen LogP contribution < -0.4 is 10.2 Å². The normalized spacial score (nSPS) is 10.4. The second kappa shape index (κ2) is 7.88. The summed E-state index contributed by atoms with van der Waals surface area (Å²) in [5.74, 6) is -0.655. The van der Waals surface area contributed by atoms with Gasteiger partial charge < -0.3 is 10.2 Å². The second-order valence-electron chi connectivity index (χ2n) is 5.19. The Morgan fingerprint density at radius 2 is 1.71 bits per heavy atom. The van der Waals surface area contributed by atoms with E-state index in [1.165, 1.54) is 11.8 Å². The summed E-state index contributed by atoms with van der Waals surface area (Å²) in [6, 6.07) is 9.93. The number of halogens is 3. The first kappa shape index (κ1) is 18.6. The highest BCUT2D eigenvalue weighted by Gasteiger charge is 2.17. The van der Waals surface area contributed by atoms with Crippen LogP contribution in [0.4, 0.5) is 11.4 Å². The Labute approximate surface area is 155 Å². The smallest absolute Gasteiger partial charge is 0.244 e. The van der Waals surface area contributed by atoms with Gasteiger partial charge in [-0.3, -0.25) is 9.59 Å². The third-order valence-electron chi connectivity index (χ3n) is 3.38. The van der Waals surface area contributed by atoms with E-state index in [2.05, 4.69) is 5.32 Å². The van der Waals surface area contributed by atoms with Crippen LogP contribution in [-0.4, -0.2) is 18.4 Å². The van der Waals surface area contributed by atoms with Crippen LogP contribution in [0.1, 0.15) is 12.5 Å². The van der Waals surface area contributed by atoms with Gasteiger partial charge in [0.1, 0.15) is 6.54 Å². The van der Waals surface area contributed by atoms with Gasteiger partial charge in [0, 0.05) is 33.4 Å². The lowest BCUT2D eigenvalue weighted by Gasteiger charge is -2.21. The molecule has 0 saturated heterocycles. The number of amides is 2. The van der Waals surface area contributed by atoms with E-state index in [9.17, 15) is 9.59 Å². The molecule has 0 aliphatic heterocycles. The fraction of sp³-hybridized carbons (Fsp3) is 0.176. The molecular weight excluding hydrogens is 371 g/mol. The van der Waals surface area contributed by atoms with Gasteiger partial charge in [0.2, 0.25) is 11.8 Å². The monoisotopic (exact) mass is 384 g/mol. The average Bonchev–Trinajstić information content (AvgIpc) is 2.48. The van der Waals surface area contributed by atoms with Crippen molar-refractivity contribution in [1.82, 2.24) is 0 Å². The maximum atomic E-state index is 12.3. The van der Waals surface area contributed by atoms with Crippen LogP contribution in [0.15, 0.2) is 36.4 Å². The number of carbonyl (C=O) groups excluding carboxylic acids is 2. The molecule has 0 saturated carbocycles. The second-order valence-corrected chi connectivity index (χ2v) is 6.47. The van der Waals surface area contributed by atoms with Crippen molar-refractivity contribution in [2.75, 3.05) is 16.8 Å². The summed E-state index contributed by atoms with van der Waals surface area (Å²) in [4.78, 5) is 25.5. The number of hydrogen-bond donors (Lipinski definition) is 1. The Morgan fingerprint density at radius 3 is 2.29 bits per heavy atom.